The van der Waals surface area contributed by atoms with Gasteiger partial charge < -0.3 is 18.8 Å². The molecule has 1 aliphatic heterocycles. The third kappa shape index (κ3) is 3.37. The average Bonchev–Trinajstić information content (AvgIpc) is 3.11. The van der Waals surface area contributed by atoms with Crippen LogP contribution in [0.25, 0.3) is 0 Å². The molecule has 3 rings (SSSR count). The van der Waals surface area contributed by atoms with Crippen LogP contribution in [0.4, 0.5) is 0 Å². The molecule has 2 aromatic rings. The molecule has 0 aromatic carbocycles. The van der Waals surface area contributed by atoms with E-state index in [0.29, 0.717) is 32.0 Å². The largest absolute Gasteiger partial charge is 0.377 e. The van der Waals surface area contributed by atoms with Gasteiger partial charge in [0.05, 0.1) is 19.8 Å². The van der Waals surface area contributed by atoms with Gasteiger partial charge in [-0.15, -0.1) is 6.58 Å². The molecule has 3 heterocycles. The van der Waals surface area contributed by atoms with Crippen LogP contribution in [0, 0.1) is 5.92 Å². The number of amides is 1. The Labute approximate surface area is 136 Å². The Hall–Kier alpha value is -2.34. The Bertz CT molecular complexity index is 688. The fraction of sp³-hybridized carbons (Fsp3) is 0.412. The van der Waals surface area contributed by atoms with E-state index in [9.17, 15) is 4.79 Å². The topological polar surface area (TPSA) is 52.3 Å². The summed E-state index contributed by atoms with van der Waals surface area (Å²) in [6.45, 7) is 6.78. The molecule has 0 unspecified atom stereocenters. The third-order valence-electron chi connectivity index (χ3n) is 4.11. The Morgan fingerprint density at radius 2 is 2.35 bits per heavy atom. The number of imidazole rings is 1. The summed E-state index contributed by atoms with van der Waals surface area (Å²) in [6, 6.07) is 3.74. The Morgan fingerprint density at radius 1 is 1.48 bits per heavy atom. The Morgan fingerprint density at radius 3 is 3.09 bits per heavy atom. The maximum absolute atomic E-state index is 12.9. The summed E-state index contributed by atoms with van der Waals surface area (Å²) in [4.78, 5) is 19.1. The van der Waals surface area contributed by atoms with E-state index in [0.717, 1.165) is 12.4 Å². The molecular weight excluding hydrogens is 292 g/mol. The molecule has 0 aliphatic carbocycles. The maximum atomic E-state index is 12.9. The van der Waals surface area contributed by atoms with Gasteiger partial charge in [-0.25, -0.2) is 4.98 Å². The minimum absolute atomic E-state index is 0.0303. The molecule has 6 nitrogen and oxygen atoms in total. The van der Waals surface area contributed by atoms with Crippen molar-refractivity contribution >= 4 is 5.91 Å². The fourth-order valence-electron chi connectivity index (χ4n) is 2.96. The molecule has 0 saturated heterocycles. The Balaban J connectivity index is 1.80. The number of hydrogen-bond donors (Lipinski definition) is 0. The van der Waals surface area contributed by atoms with Crippen molar-refractivity contribution in [3.05, 3.63) is 54.9 Å². The van der Waals surface area contributed by atoms with Gasteiger partial charge in [-0.1, -0.05) is 6.08 Å². The van der Waals surface area contributed by atoms with Gasteiger partial charge in [-0.05, 0) is 12.1 Å². The lowest BCUT2D eigenvalue weighted by atomic mass is 10.1. The van der Waals surface area contributed by atoms with Crippen molar-refractivity contribution in [1.82, 2.24) is 19.0 Å². The lowest BCUT2D eigenvalue weighted by Crippen LogP contribution is -2.36. The summed E-state index contributed by atoms with van der Waals surface area (Å²) in [6.07, 6.45) is 7.38. The zero-order chi connectivity index (χ0) is 16.2. The molecule has 23 heavy (non-hydrogen) atoms. The van der Waals surface area contributed by atoms with E-state index in [1.54, 1.807) is 12.3 Å². The van der Waals surface area contributed by atoms with Crippen LogP contribution in [0.1, 0.15) is 16.3 Å². The van der Waals surface area contributed by atoms with Crippen molar-refractivity contribution in [2.24, 2.45) is 13.0 Å². The number of nitrogens with zero attached hydrogens (tertiary/aromatic N) is 4. The molecule has 2 aromatic heterocycles. The highest BCUT2D eigenvalue weighted by molar-refractivity contribution is 5.92. The highest BCUT2D eigenvalue weighted by Crippen LogP contribution is 2.18. The lowest BCUT2D eigenvalue weighted by molar-refractivity contribution is 0.0629. The van der Waals surface area contributed by atoms with E-state index in [2.05, 4.69) is 16.1 Å². The van der Waals surface area contributed by atoms with Crippen LogP contribution < -0.4 is 0 Å². The van der Waals surface area contributed by atoms with Crippen LogP contribution in [-0.2, 0) is 24.9 Å². The van der Waals surface area contributed by atoms with Crippen molar-refractivity contribution in [2.75, 3.05) is 19.8 Å². The number of carbonyl (C=O) groups excluding carboxylic acids is 1. The normalized spacial score (nSPS) is 17.6. The first-order valence-electron chi connectivity index (χ1n) is 7.78. The van der Waals surface area contributed by atoms with Crippen molar-refractivity contribution in [2.45, 2.75) is 13.1 Å². The predicted octanol–water partition coefficient (Wildman–Crippen LogP) is 1.70. The molecule has 6 heteroatoms. The first-order chi connectivity index (χ1) is 11.2. The van der Waals surface area contributed by atoms with E-state index >= 15 is 0 Å². The summed E-state index contributed by atoms with van der Waals surface area (Å²) in [5.74, 6) is 1.18. The number of hydrogen-bond acceptors (Lipinski definition) is 3. The molecule has 0 saturated carbocycles. The second-order valence-electron chi connectivity index (χ2n) is 5.88. The number of ether oxygens (including phenoxy) is 1. The van der Waals surface area contributed by atoms with E-state index in [4.69, 9.17) is 4.74 Å². The van der Waals surface area contributed by atoms with Gasteiger partial charge >= 0.3 is 0 Å². The second-order valence-corrected chi connectivity index (χ2v) is 5.88. The quantitative estimate of drug-likeness (QED) is 0.623. The van der Waals surface area contributed by atoms with Gasteiger partial charge in [0.15, 0.2) is 0 Å². The summed E-state index contributed by atoms with van der Waals surface area (Å²) < 4.78 is 9.58. The number of carbonyl (C=O) groups is 1. The van der Waals surface area contributed by atoms with E-state index < -0.39 is 0 Å². The van der Waals surface area contributed by atoms with Gasteiger partial charge in [0.25, 0.3) is 5.91 Å². The number of aryl methyl sites for hydroxylation is 1. The van der Waals surface area contributed by atoms with Gasteiger partial charge in [-0.3, -0.25) is 4.79 Å². The number of fused-ring (bicyclic) bond motifs is 1. The first kappa shape index (κ1) is 15.6. The molecule has 0 fully saturated rings. The molecule has 0 spiro atoms. The highest BCUT2D eigenvalue weighted by atomic mass is 16.5. The molecule has 1 atom stereocenters. The molecule has 0 bridgehead atoms. The molecular formula is C17H22N4O2. The van der Waals surface area contributed by atoms with Crippen LogP contribution >= 0.6 is 0 Å². The van der Waals surface area contributed by atoms with E-state index in [-0.39, 0.29) is 11.8 Å². The lowest BCUT2D eigenvalue weighted by Gasteiger charge is -2.24. The smallest absolute Gasteiger partial charge is 0.270 e. The van der Waals surface area contributed by atoms with E-state index in [1.807, 2.05) is 41.0 Å². The Kier molecular flexibility index (Phi) is 4.62. The summed E-state index contributed by atoms with van der Waals surface area (Å²) >= 11 is 0. The molecule has 1 amide bonds. The first-order valence-corrected chi connectivity index (χ1v) is 7.78. The minimum atomic E-state index is 0.0303. The monoisotopic (exact) mass is 314 g/mol. The predicted molar refractivity (Wildman–Crippen MR) is 86.9 cm³/mol. The van der Waals surface area contributed by atoms with Crippen LogP contribution in [0.2, 0.25) is 0 Å². The zero-order valence-electron chi connectivity index (χ0n) is 13.4. The molecule has 122 valence electrons. The summed E-state index contributed by atoms with van der Waals surface area (Å²) in [7, 11) is 1.89. The second kappa shape index (κ2) is 6.83. The van der Waals surface area contributed by atoms with Crippen LogP contribution in [0.15, 0.2) is 43.4 Å². The van der Waals surface area contributed by atoms with E-state index in [1.165, 1.54) is 0 Å². The third-order valence-corrected chi connectivity index (χ3v) is 4.11. The highest BCUT2D eigenvalue weighted by Gasteiger charge is 2.27. The SMILES string of the molecule is C=CCOC[C@H]1CN(C(=O)c2cccn2C)Cc2nccn2C1. The van der Waals surface area contributed by atoms with Gasteiger partial charge in [0.1, 0.15) is 11.5 Å². The van der Waals surface area contributed by atoms with Crippen molar-refractivity contribution in [1.29, 1.82) is 0 Å². The van der Waals surface area contributed by atoms with Crippen LogP contribution in [-0.4, -0.2) is 44.7 Å². The molecule has 0 radical (unpaired) electrons. The summed E-state index contributed by atoms with van der Waals surface area (Å²) in [5, 5.41) is 0. The number of aromatic nitrogens is 3. The summed E-state index contributed by atoms with van der Waals surface area (Å²) in [5.41, 5.74) is 0.691. The van der Waals surface area contributed by atoms with Gasteiger partial charge in [0.2, 0.25) is 0 Å². The van der Waals surface area contributed by atoms with Crippen molar-refractivity contribution in [3.63, 3.8) is 0 Å². The van der Waals surface area contributed by atoms with Crippen molar-refractivity contribution < 1.29 is 9.53 Å². The fourth-order valence-corrected chi connectivity index (χ4v) is 2.96. The average molecular weight is 314 g/mol. The molecule has 1 aliphatic rings. The number of rotatable bonds is 5. The standard InChI is InChI=1S/C17H22N4O2/c1-3-9-23-13-14-10-20-8-6-18-16(20)12-21(11-14)17(22)15-5-4-7-19(15)2/h3-8,14H,1,9-13H2,2H3/t14-/m1/s1. The molecule has 0 N–H and O–H groups in total. The van der Waals surface area contributed by atoms with Crippen molar-refractivity contribution in [3.8, 4) is 0 Å². The zero-order valence-corrected chi connectivity index (χ0v) is 13.4. The van der Waals surface area contributed by atoms with Crippen LogP contribution in [0.5, 0.6) is 0 Å². The van der Waals surface area contributed by atoms with Gasteiger partial charge in [0, 0.05) is 44.6 Å². The van der Waals surface area contributed by atoms with Crippen LogP contribution in [0.3, 0.4) is 0 Å². The maximum Gasteiger partial charge on any atom is 0.270 e. The van der Waals surface area contributed by atoms with Gasteiger partial charge in [-0.2, -0.15) is 0 Å². The minimum Gasteiger partial charge on any atom is -0.377 e.